The van der Waals surface area contributed by atoms with E-state index in [9.17, 15) is 0 Å². The van der Waals surface area contributed by atoms with Gasteiger partial charge < -0.3 is 10.2 Å². The van der Waals surface area contributed by atoms with Crippen LogP contribution in [0.2, 0.25) is 0 Å². The Morgan fingerprint density at radius 1 is 1.28 bits per heavy atom. The molecule has 1 saturated heterocycles. The highest BCUT2D eigenvalue weighted by Crippen LogP contribution is 2.14. The zero-order valence-electron chi connectivity index (χ0n) is 12.9. The van der Waals surface area contributed by atoms with Crippen LogP contribution in [0.3, 0.4) is 0 Å². The maximum atomic E-state index is 3.60. The van der Waals surface area contributed by atoms with Crippen LogP contribution < -0.4 is 5.32 Å². The molecule has 1 rings (SSSR count). The van der Waals surface area contributed by atoms with Crippen molar-refractivity contribution in [3.05, 3.63) is 0 Å². The van der Waals surface area contributed by atoms with E-state index >= 15 is 0 Å². The molecule has 2 unspecified atom stereocenters. The van der Waals surface area contributed by atoms with Crippen molar-refractivity contribution in [2.75, 3.05) is 39.8 Å². The Morgan fingerprint density at radius 2 is 2.06 bits per heavy atom. The van der Waals surface area contributed by atoms with Crippen molar-refractivity contribution in [2.45, 2.75) is 58.5 Å². The van der Waals surface area contributed by atoms with Crippen molar-refractivity contribution in [3.63, 3.8) is 0 Å². The molecular formula is C15H33N3. The number of nitrogens with one attached hydrogen (secondary N) is 1. The first-order valence-corrected chi connectivity index (χ1v) is 7.84. The Morgan fingerprint density at radius 3 is 2.72 bits per heavy atom. The van der Waals surface area contributed by atoms with Crippen LogP contribution in [0.5, 0.6) is 0 Å². The zero-order valence-corrected chi connectivity index (χ0v) is 12.9. The van der Waals surface area contributed by atoms with Crippen molar-refractivity contribution in [2.24, 2.45) is 0 Å². The van der Waals surface area contributed by atoms with Gasteiger partial charge in [-0.25, -0.2) is 0 Å². The molecular weight excluding hydrogens is 222 g/mol. The molecule has 18 heavy (non-hydrogen) atoms. The Balaban J connectivity index is 2.39. The third-order valence-electron chi connectivity index (χ3n) is 4.13. The zero-order chi connectivity index (χ0) is 13.4. The van der Waals surface area contributed by atoms with Gasteiger partial charge in [0.15, 0.2) is 0 Å². The summed E-state index contributed by atoms with van der Waals surface area (Å²) >= 11 is 0. The Kier molecular flexibility index (Phi) is 7.87. The first kappa shape index (κ1) is 15.9. The van der Waals surface area contributed by atoms with E-state index in [0.29, 0.717) is 6.04 Å². The van der Waals surface area contributed by atoms with Crippen LogP contribution >= 0.6 is 0 Å². The summed E-state index contributed by atoms with van der Waals surface area (Å²) < 4.78 is 0. The lowest BCUT2D eigenvalue weighted by Gasteiger charge is -2.35. The fourth-order valence-corrected chi connectivity index (χ4v) is 2.94. The highest BCUT2D eigenvalue weighted by atomic mass is 15.3. The van der Waals surface area contributed by atoms with Crippen LogP contribution in [0.4, 0.5) is 0 Å². The number of nitrogens with zero attached hydrogens (tertiary/aromatic N) is 2. The van der Waals surface area contributed by atoms with E-state index in [4.69, 9.17) is 0 Å². The molecule has 108 valence electrons. The molecule has 0 aromatic heterocycles. The molecule has 1 aliphatic rings. The summed E-state index contributed by atoms with van der Waals surface area (Å²) in [6.45, 7) is 13.0. The normalized spacial score (nSPS) is 25.0. The monoisotopic (exact) mass is 255 g/mol. The fraction of sp³-hybridized carbons (Fsp3) is 1.00. The molecule has 0 spiro atoms. The maximum Gasteiger partial charge on any atom is 0.0223 e. The van der Waals surface area contributed by atoms with Crippen molar-refractivity contribution in [1.82, 2.24) is 15.1 Å². The lowest BCUT2D eigenvalue weighted by Crippen LogP contribution is -2.48. The van der Waals surface area contributed by atoms with Gasteiger partial charge in [0, 0.05) is 31.7 Å². The SMILES string of the molecule is CCCCNCC(C)N1CCCN(C)CC1CC. The number of rotatable bonds is 7. The second-order valence-electron chi connectivity index (χ2n) is 5.82. The molecule has 1 aliphatic heterocycles. The molecule has 3 heteroatoms. The van der Waals surface area contributed by atoms with Gasteiger partial charge in [0.05, 0.1) is 0 Å². The van der Waals surface area contributed by atoms with Crippen LogP contribution in [0.1, 0.15) is 46.5 Å². The molecule has 0 radical (unpaired) electrons. The molecule has 0 amide bonds. The smallest absolute Gasteiger partial charge is 0.0223 e. The molecule has 0 aromatic carbocycles. The second-order valence-corrected chi connectivity index (χ2v) is 5.82. The average Bonchev–Trinajstić information content (AvgIpc) is 2.55. The van der Waals surface area contributed by atoms with E-state index in [1.54, 1.807) is 0 Å². The highest BCUT2D eigenvalue weighted by Gasteiger charge is 2.25. The largest absolute Gasteiger partial charge is 0.315 e. The van der Waals surface area contributed by atoms with E-state index < -0.39 is 0 Å². The van der Waals surface area contributed by atoms with Gasteiger partial charge in [-0.3, -0.25) is 4.90 Å². The van der Waals surface area contributed by atoms with Crippen molar-refractivity contribution in [1.29, 1.82) is 0 Å². The van der Waals surface area contributed by atoms with Gasteiger partial charge in [-0.15, -0.1) is 0 Å². The van der Waals surface area contributed by atoms with Crippen LogP contribution in [0.15, 0.2) is 0 Å². The minimum atomic E-state index is 0.665. The molecule has 3 nitrogen and oxygen atoms in total. The van der Waals surface area contributed by atoms with Crippen LogP contribution in [0, 0.1) is 0 Å². The molecule has 1 N–H and O–H groups in total. The summed E-state index contributed by atoms with van der Waals surface area (Å²) in [5.74, 6) is 0. The lowest BCUT2D eigenvalue weighted by atomic mass is 10.1. The predicted molar refractivity (Wildman–Crippen MR) is 80.1 cm³/mol. The molecule has 0 aromatic rings. The predicted octanol–water partition coefficient (Wildman–Crippen LogP) is 2.18. The van der Waals surface area contributed by atoms with E-state index in [0.717, 1.165) is 12.6 Å². The summed E-state index contributed by atoms with van der Waals surface area (Å²) in [6.07, 6.45) is 5.16. The van der Waals surface area contributed by atoms with Crippen molar-refractivity contribution < 1.29 is 0 Å². The van der Waals surface area contributed by atoms with Gasteiger partial charge in [-0.05, 0) is 46.3 Å². The summed E-state index contributed by atoms with van der Waals surface area (Å²) in [6, 6.07) is 1.40. The van der Waals surface area contributed by atoms with Gasteiger partial charge >= 0.3 is 0 Å². The summed E-state index contributed by atoms with van der Waals surface area (Å²) in [5.41, 5.74) is 0. The first-order valence-electron chi connectivity index (χ1n) is 7.84. The first-order chi connectivity index (χ1) is 8.69. The molecule has 0 saturated carbocycles. The van der Waals surface area contributed by atoms with E-state index in [2.05, 4.69) is 42.9 Å². The van der Waals surface area contributed by atoms with E-state index in [1.165, 1.54) is 51.9 Å². The molecule has 1 fully saturated rings. The average molecular weight is 255 g/mol. The third-order valence-corrected chi connectivity index (χ3v) is 4.13. The Hall–Kier alpha value is -0.120. The van der Waals surface area contributed by atoms with Crippen LogP contribution in [-0.4, -0.2) is 61.7 Å². The van der Waals surface area contributed by atoms with Crippen molar-refractivity contribution in [3.8, 4) is 0 Å². The van der Waals surface area contributed by atoms with Gasteiger partial charge in [0.25, 0.3) is 0 Å². The standard InChI is InChI=1S/C15H33N3/c1-5-7-9-16-12-14(3)18-11-8-10-17(4)13-15(18)6-2/h14-16H,5-13H2,1-4H3. The quantitative estimate of drug-likeness (QED) is 0.704. The topological polar surface area (TPSA) is 18.5 Å². The highest BCUT2D eigenvalue weighted by molar-refractivity contribution is 4.82. The maximum absolute atomic E-state index is 3.60. The van der Waals surface area contributed by atoms with Crippen LogP contribution in [0.25, 0.3) is 0 Å². The third kappa shape index (κ3) is 5.25. The van der Waals surface area contributed by atoms with E-state index in [-0.39, 0.29) is 0 Å². The van der Waals surface area contributed by atoms with Crippen molar-refractivity contribution >= 4 is 0 Å². The second kappa shape index (κ2) is 8.89. The van der Waals surface area contributed by atoms with Crippen LogP contribution in [-0.2, 0) is 0 Å². The Bertz CT molecular complexity index is 208. The molecule has 0 aliphatic carbocycles. The van der Waals surface area contributed by atoms with Gasteiger partial charge in [-0.1, -0.05) is 20.3 Å². The number of hydrogen-bond acceptors (Lipinski definition) is 3. The Labute approximate surface area is 114 Å². The summed E-state index contributed by atoms with van der Waals surface area (Å²) in [5, 5.41) is 3.60. The number of likely N-dealkylation sites (N-methyl/N-ethyl adjacent to an activating group) is 1. The van der Waals surface area contributed by atoms with Gasteiger partial charge in [-0.2, -0.15) is 0 Å². The van der Waals surface area contributed by atoms with E-state index in [1.807, 2.05) is 0 Å². The molecule has 1 heterocycles. The summed E-state index contributed by atoms with van der Waals surface area (Å²) in [4.78, 5) is 5.22. The lowest BCUT2D eigenvalue weighted by molar-refractivity contribution is 0.135. The van der Waals surface area contributed by atoms with Gasteiger partial charge in [0.1, 0.15) is 0 Å². The number of hydrogen-bond donors (Lipinski definition) is 1. The van der Waals surface area contributed by atoms with Gasteiger partial charge in [0.2, 0.25) is 0 Å². The summed E-state index contributed by atoms with van der Waals surface area (Å²) in [7, 11) is 2.26. The number of unbranched alkanes of at least 4 members (excludes halogenated alkanes) is 1. The molecule has 2 atom stereocenters. The minimum absolute atomic E-state index is 0.665. The fourth-order valence-electron chi connectivity index (χ4n) is 2.94. The molecule has 0 bridgehead atoms. The minimum Gasteiger partial charge on any atom is -0.315 e.